The first kappa shape index (κ1) is 16.5. The third kappa shape index (κ3) is 3.94. The first-order valence-corrected chi connectivity index (χ1v) is 8.42. The Labute approximate surface area is 148 Å². The SMILES string of the molecule is Cc1ccc(NC(=O)COc2ccc3c(c2)CCC(=O)N3)c(Br)c1. The van der Waals surface area contributed by atoms with Crippen LogP contribution in [0.3, 0.4) is 0 Å². The van der Waals surface area contributed by atoms with Crippen LogP contribution in [0.25, 0.3) is 0 Å². The van der Waals surface area contributed by atoms with Crippen LogP contribution in [0.1, 0.15) is 17.5 Å². The van der Waals surface area contributed by atoms with E-state index in [-0.39, 0.29) is 18.4 Å². The zero-order valence-corrected chi connectivity index (χ0v) is 14.8. The maximum Gasteiger partial charge on any atom is 0.262 e. The average Bonchev–Trinajstić information content (AvgIpc) is 2.55. The molecule has 0 bridgehead atoms. The van der Waals surface area contributed by atoms with Crippen molar-refractivity contribution >= 4 is 39.1 Å². The van der Waals surface area contributed by atoms with Gasteiger partial charge in [0.15, 0.2) is 6.61 Å². The number of carbonyl (C=O) groups is 2. The highest BCUT2D eigenvalue weighted by molar-refractivity contribution is 9.10. The summed E-state index contributed by atoms with van der Waals surface area (Å²) in [7, 11) is 0. The summed E-state index contributed by atoms with van der Waals surface area (Å²) in [4.78, 5) is 23.4. The van der Waals surface area contributed by atoms with E-state index in [1.807, 2.05) is 31.2 Å². The lowest BCUT2D eigenvalue weighted by atomic mass is 10.0. The predicted octanol–water partition coefficient (Wildman–Crippen LogP) is 3.66. The lowest BCUT2D eigenvalue weighted by molar-refractivity contribution is -0.118. The number of fused-ring (bicyclic) bond motifs is 1. The molecule has 0 saturated carbocycles. The van der Waals surface area contributed by atoms with Crippen LogP contribution in [0.5, 0.6) is 5.75 Å². The van der Waals surface area contributed by atoms with Crippen molar-refractivity contribution in [3.8, 4) is 5.75 Å². The smallest absolute Gasteiger partial charge is 0.262 e. The van der Waals surface area contributed by atoms with Crippen LogP contribution in [-0.2, 0) is 16.0 Å². The first-order valence-electron chi connectivity index (χ1n) is 7.63. The van der Waals surface area contributed by atoms with Crippen LogP contribution in [0.15, 0.2) is 40.9 Å². The largest absolute Gasteiger partial charge is 0.484 e. The summed E-state index contributed by atoms with van der Waals surface area (Å²) in [5.74, 6) is 0.410. The van der Waals surface area contributed by atoms with Gasteiger partial charge in [0.2, 0.25) is 5.91 Å². The maximum atomic E-state index is 12.0. The molecule has 2 aromatic carbocycles. The molecule has 0 radical (unpaired) electrons. The highest BCUT2D eigenvalue weighted by atomic mass is 79.9. The summed E-state index contributed by atoms with van der Waals surface area (Å²) in [5, 5.41) is 5.62. The van der Waals surface area contributed by atoms with E-state index in [9.17, 15) is 9.59 Å². The Bertz CT molecular complexity index is 805. The third-order valence-corrected chi connectivity index (χ3v) is 4.40. The maximum absolute atomic E-state index is 12.0. The number of carbonyl (C=O) groups excluding carboxylic acids is 2. The van der Waals surface area contributed by atoms with Gasteiger partial charge in [-0.05, 0) is 70.7 Å². The third-order valence-electron chi connectivity index (χ3n) is 3.74. The molecule has 0 saturated heterocycles. The van der Waals surface area contributed by atoms with Crippen molar-refractivity contribution in [3.63, 3.8) is 0 Å². The number of halogens is 1. The van der Waals surface area contributed by atoms with Crippen molar-refractivity contribution < 1.29 is 14.3 Å². The molecular formula is C18H17BrN2O3. The Morgan fingerprint density at radius 1 is 1.25 bits per heavy atom. The van der Waals surface area contributed by atoms with Crippen molar-refractivity contribution in [2.45, 2.75) is 19.8 Å². The van der Waals surface area contributed by atoms with Gasteiger partial charge in [0.1, 0.15) is 5.75 Å². The lowest BCUT2D eigenvalue weighted by Gasteiger charge is -2.17. The van der Waals surface area contributed by atoms with E-state index in [1.54, 1.807) is 12.1 Å². The van der Waals surface area contributed by atoms with Gasteiger partial charge >= 0.3 is 0 Å². The topological polar surface area (TPSA) is 67.4 Å². The second kappa shape index (κ2) is 7.05. The zero-order chi connectivity index (χ0) is 17.1. The highest BCUT2D eigenvalue weighted by Crippen LogP contribution is 2.27. The number of aryl methyl sites for hydroxylation is 2. The van der Waals surface area contributed by atoms with Crippen LogP contribution in [0.4, 0.5) is 11.4 Å². The van der Waals surface area contributed by atoms with Gasteiger partial charge in [-0.1, -0.05) is 6.07 Å². The van der Waals surface area contributed by atoms with E-state index in [1.165, 1.54) is 0 Å². The summed E-state index contributed by atoms with van der Waals surface area (Å²) in [6.07, 6.45) is 1.15. The van der Waals surface area contributed by atoms with Gasteiger partial charge in [0.25, 0.3) is 5.91 Å². The molecule has 24 heavy (non-hydrogen) atoms. The summed E-state index contributed by atoms with van der Waals surface area (Å²) in [5.41, 5.74) is 3.65. The predicted molar refractivity (Wildman–Crippen MR) is 96.4 cm³/mol. The van der Waals surface area contributed by atoms with E-state index in [0.29, 0.717) is 24.3 Å². The average molecular weight is 389 g/mol. The second-order valence-corrected chi connectivity index (χ2v) is 6.54. The number of nitrogens with one attached hydrogen (secondary N) is 2. The molecule has 2 amide bonds. The van der Waals surface area contributed by atoms with E-state index < -0.39 is 0 Å². The summed E-state index contributed by atoms with van der Waals surface area (Å²) < 4.78 is 6.39. The number of amides is 2. The van der Waals surface area contributed by atoms with Crippen LogP contribution < -0.4 is 15.4 Å². The molecule has 124 valence electrons. The summed E-state index contributed by atoms with van der Waals surface area (Å²) in [6.45, 7) is 1.91. The van der Waals surface area contributed by atoms with Crippen molar-refractivity contribution in [2.75, 3.05) is 17.2 Å². The molecule has 2 aromatic rings. The van der Waals surface area contributed by atoms with Crippen molar-refractivity contribution in [3.05, 3.63) is 52.0 Å². The number of benzene rings is 2. The van der Waals surface area contributed by atoms with Gasteiger partial charge in [-0.15, -0.1) is 0 Å². The number of hydrogen-bond acceptors (Lipinski definition) is 3. The minimum absolute atomic E-state index is 0.0271. The minimum atomic E-state index is -0.231. The normalized spacial score (nSPS) is 13.0. The lowest BCUT2D eigenvalue weighted by Crippen LogP contribution is -2.21. The monoisotopic (exact) mass is 388 g/mol. The second-order valence-electron chi connectivity index (χ2n) is 5.69. The standard InChI is InChI=1S/C18H17BrN2O3/c1-11-2-5-16(14(19)8-11)21-18(23)10-24-13-4-6-15-12(9-13)3-7-17(22)20-15/h2,4-6,8-9H,3,7,10H2,1H3,(H,20,22)(H,21,23). The molecule has 0 atom stereocenters. The molecule has 2 N–H and O–H groups in total. The van der Waals surface area contributed by atoms with Crippen LogP contribution >= 0.6 is 15.9 Å². The minimum Gasteiger partial charge on any atom is -0.484 e. The Morgan fingerprint density at radius 3 is 2.88 bits per heavy atom. The Kier molecular flexibility index (Phi) is 4.85. The number of anilines is 2. The zero-order valence-electron chi connectivity index (χ0n) is 13.2. The Balaban J connectivity index is 1.59. The fourth-order valence-corrected chi connectivity index (χ4v) is 3.10. The molecule has 6 heteroatoms. The number of rotatable bonds is 4. The van der Waals surface area contributed by atoms with Crippen molar-refractivity contribution in [1.82, 2.24) is 0 Å². The van der Waals surface area contributed by atoms with Gasteiger partial charge in [0, 0.05) is 16.6 Å². The first-order chi connectivity index (χ1) is 11.5. The van der Waals surface area contributed by atoms with E-state index >= 15 is 0 Å². The molecule has 1 aliphatic heterocycles. The molecule has 1 aliphatic rings. The molecule has 5 nitrogen and oxygen atoms in total. The molecule has 0 unspecified atom stereocenters. The quantitative estimate of drug-likeness (QED) is 0.839. The van der Waals surface area contributed by atoms with Gasteiger partial charge < -0.3 is 15.4 Å². The fourth-order valence-electron chi connectivity index (χ4n) is 2.51. The summed E-state index contributed by atoms with van der Waals surface area (Å²) >= 11 is 3.43. The van der Waals surface area contributed by atoms with Gasteiger partial charge in [-0.2, -0.15) is 0 Å². The Morgan fingerprint density at radius 2 is 2.08 bits per heavy atom. The molecule has 0 aliphatic carbocycles. The molecule has 0 aromatic heterocycles. The molecule has 0 fully saturated rings. The van der Waals surface area contributed by atoms with Gasteiger partial charge in [0.05, 0.1) is 5.69 Å². The van der Waals surface area contributed by atoms with E-state index in [4.69, 9.17) is 4.74 Å². The number of hydrogen-bond donors (Lipinski definition) is 2. The van der Waals surface area contributed by atoms with E-state index in [2.05, 4.69) is 26.6 Å². The molecule has 0 spiro atoms. The molecule has 1 heterocycles. The van der Waals surface area contributed by atoms with Gasteiger partial charge in [-0.25, -0.2) is 0 Å². The summed E-state index contributed by atoms with van der Waals surface area (Å²) in [6, 6.07) is 11.1. The van der Waals surface area contributed by atoms with Crippen LogP contribution in [-0.4, -0.2) is 18.4 Å². The van der Waals surface area contributed by atoms with Crippen molar-refractivity contribution in [2.24, 2.45) is 0 Å². The molecule has 3 rings (SSSR count). The van der Waals surface area contributed by atoms with Crippen LogP contribution in [0, 0.1) is 6.92 Å². The van der Waals surface area contributed by atoms with Gasteiger partial charge in [-0.3, -0.25) is 9.59 Å². The van der Waals surface area contributed by atoms with Crippen LogP contribution in [0.2, 0.25) is 0 Å². The Hall–Kier alpha value is -2.34. The van der Waals surface area contributed by atoms with E-state index in [0.717, 1.165) is 21.3 Å². The molecular weight excluding hydrogens is 372 g/mol. The van der Waals surface area contributed by atoms with Crippen molar-refractivity contribution in [1.29, 1.82) is 0 Å². The number of ether oxygens (including phenoxy) is 1. The fraction of sp³-hybridized carbons (Fsp3) is 0.222. The highest BCUT2D eigenvalue weighted by Gasteiger charge is 2.15.